The van der Waals surface area contributed by atoms with Crippen molar-refractivity contribution in [3.8, 4) is 33.8 Å². The lowest BCUT2D eigenvalue weighted by atomic mass is 9.99. The topological polar surface area (TPSA) is 79.7 Å². The Morgan fingerprint density at radius 1 is 0.481 bits per heavy atom. The molecule has 1 atom stereocenters. The summed E-state index contributed by atoms with van der Waals surface area (Å²) >= 11 is 0. The zero-order valence-electron chi connectivity index (χ0n) is 29.1. The molecule has 9 rings (SSSR count). The van der Waals surface area contributed by atoms with Crippen LogP contribution in [-0.4, -0.2) is 31.0 Å². The minimum absolute atomic E-state index is 0.215. The Hall–Kier alpha value is -6.73. The zero-order chi connectivity index (χ0) is 35.2. The van der Waals surface area contributed by atoms with Crippen LogP contribution in [0.1, 0.15) is 23.9 Å². The summed E-state index contributed by atoms with van der Waals surface area (Å²) in [7, 11) is 0. The van der Waals surface area contributed by atoms with Gasteiger partial charge in [0.25, 0.3) is 0 Å². The van der Waals surface area contributed by atoms with Gasteiger partial charge in [-0.2, -0.15) is 0 Å². The normalized spacial score (nSPS) is 13.6. The van der Waals surface area contributed by atoms with Gasteiger partial charge in [-0.1, -0.05) is 97.1 Å². The molecule has 0 fully saturated rings. The summed E-state index contributed by atoms with van der Waals surface area (Å²) in [6.45, 7) is 6.18. The van der Waals surface area contributed by atoms with Crippen molar-refractivity contribution in [1.82, 2.24) is 24.9 Å². The number of hydrogen-bond acceptors (Lipinski definition) is 7. The van der Waals surface area contributed by atoms with Gasteiger partial charge in [0.15, 0.2) is 0 Å². The molecule has 7 nitrogen and oxygen atoms in total. The third-order valence-electron chi connectivity index (χ3n) is 9.47. The number of aryl methyl sites for hydroxylation is 2. The lowest BCUT2D eigenvalue weighted by molar-refractivity contribution is 0.992. The molecule has 1 aliphatic heterocycles. The molecule has 3 aromatic carbocycles. The molecular formula is C45H35N7. The van der Waals surface area contributed by atoms with Gasteiger partial charge >= 0.3 is 0 Å². The molecule has 0 saturated heterocycles. The molecular weight excluding hydrogens is 639 g/mol. The molecule has 7 heteroatoms. The third-order valence-corrected chi connectivity index (χ3v) is 9.47. The highest BCUT2D eigenvalue weighted by atomic mass is 15.3. The molecule has 0 amide bonds. The maximum Gasteiger partial charge on any atom is 0.140 e. The SMILES string of the molecule is Cc1ccc2cccc(-c3cccc(N(c4cccc(-c5cccc6c5NC(C)C=C6)n4)c4cccc(-c5cccc6ccc(C)nc56)n4)n3)c2n1. The van der Waals surface area contributed by atoms with Gasteiger partial charge in [0.05, 0.1) is 33.8 Å². The van der Waals surface area contributed by atoms with E-state index in [0.717, 1.165) is 78.2 Å². The van der Waals surface area contributed by atoms with Crippen LogP contribution >= 0.6 is 0 Å². The predicted octanol–water partition coefficient (Wildman–Crippen LogP) is 10.9. The molecule has 52 heavy (non-hydrogen) atoms. The minimum atomic E-state index is 0.215. The van der Waals surface area contributed by atoms with Crippen LogP contribution < -0.4 is 10.2 Å². The number of benzene rings is 3. The second-order valence-electron chi connectivity index (χ2n) is 13.2. The first-order chi connectivity index (χ1) is 25.5. The first kappa shape index (κ1) is 31.3. The van der Waals surface area contributed by atoms with Gasteiger partial charge in [-0.3, -0.25) is 14.9 Å². The average Bonchev–Trinajstić information content (AvgIpc) is 3.17. The Balaban J connectivity index is 1.23. The van der Waals surface area contributed by atoms with Crippen LogP contribution in [0.2, 0.25) is 0 Å². The van der Waals surface area contributed by atoms with Crippen molar-refractivity contribution in [2.24, 2.45) is 0 Å². The van der Waals surface area contributed by atoms with Gasteiger partial charge in [-0.15, -0.1) is 0 Å². The van der Waals surface area contributed by atoms with E-state index in [9.17, 15) is 0 Å². The summed E-state index contributed by atoms with van der Waals surface area (Å²) in [5, 5.41) is 5.79. The van der Waals surface area contributed by atoms with Gasteiger partial charge in [0, 0.05) is 44.9 Å². The van der Waals surface area contributed by atoms with Gasteiger partial charge in [0.2, 0.25) is 0 Å². The monoisotopic (exact) mass is 673 g/mol. The molecule has 1 unspecified atom stereocenters. The standard InChI is InChI=1S/C45H35N7/c1-28-22-25-31-10-4-13-34(43(31)46-28)37-16-7-19-40(49-37)52(41-20-8-17-38(50-41)35-14-5-11-32-26-23-29(2)47-44(32)35)42-21-9-18-39(51-42)36-15-6-12-33-27-24-30(3)48-45(33)36/h4-28,46H,1-3H3. The van der Waals surface area contributed by atoms with Crippen molar-refractivity contribution in [2.75, 3.05) is 10.2 Å². The average molecular weight is 674 g/mol. The highest BCUT2D eigenvalue weighted by Crippen LogP contribution is 2.39. The molecule has 0 radical (unpaired) electrons. The molecule has 1 aliphatic rings. The van der Waals surface area contributed by atoms with Crippen molar-refractivity contribution >= 4 is 51.0 Å². The Morgan fingerprint density at radius 2 is 0.942 bits per heavy atom. The summed E-state index contributed by atoms with van der Waals surface area (Å²) in [4.78, 5) is 27.8. The molecule has 5 aromatic heterocycles. The molecule has 8 aromatic rings. The lowest BCUT2D eigenvalue weighted by Crippen LogP contribution is -2.17. The summed E-state index contributed by atoms with van der Waals surface area (Å²) in [6.07, 6.45) is 4.35. The second kappa shape index (κ2) is 12.9. The van der Waals surface area contributed by atoms with Crippen LogP contribution in [-0.2, 0) is 0 Å². The van der Waals surface area contributed by atoms with E-state index in [1.807, 2.05) is 73.3 Å². The number of nitrogens with one attached hydrogen (secondary N) is 1. The maximum absolute atomic E-state index is 5.31. The molecule has 0 spiro atoms. The van der Waals surface area contributed by atoms with Crippen molar-refractivity contribution < 1.29 is 0 Å². The summed E-state index contributed by atoms with van der Waals surface area (Å²) < 4.78 is 0. The van der Waals surface area contributed by atoms with Crippen molar-refractivity contribution in [3.63, 3.8) is 0 Å². The smallest absolute Gasteiger partial charge is 0.140 e. The predicted molar refractivity (Wildman–Crippen MR) is 213 cm³/mol. The fourth-order valence-corrected chi connectivity index (χ4v) is 6.96. The van der Waals surface area contributed by atoms with Crippen molar-refractivity contribution in [3.05, 3.63) is 156 Å². The Kier molecular flexibility index (Phi) is 7.73. The Bertz CT molecular complexity index is 2550. The van der Waals surface area contributed by atoms with Crippen LogP contribution in [0, 0.1) is 13.8 Å². The van der Waals surface area contributed by atoms with Gasteiger partial charge < -0.3 is 5.32 Å². The van der Waals surface area contributed by atoms with Crippen LogP contribution in [0.25, 0.3) is 61.7 Å². The van der Waals surface area contributed by atoms with E-state index in [1.165, 1.54) is 0 Å². The maximum atomic E-state index is 5.31. The van der Waals surface area contributed by atoms with E-state index in [0.29, 0.717) is 17.5 Å². The minimum Gasteiger partial charge on any atom is -0.378 e. The number of rotatable bonds is 6. The zero-order valence-corrected chi connectivity index (χ0v) is 29.1. The van der Waals surface area contributed by atoms with Crippen molar-refractivity contribution in [2.45, 2.75) is 26.8 Å². The fraction of sp³-hybridized carbons (Fsp3) is 0.0889. The molecule has 0 aliphatic carbocycles. The molecule has 250 valence electrons. The van der Waals surface area contributed by atoms with E-state index in [2.05, 4.69) is 103 Å². The third kappa shape index (κ3) is 5.72. The number of hydrogen-bond donors (Lipinski definition) is 1. The number of para-hydroxylation sites is 3. The van der Waals surface area contributed by atoms with E-state index < -0.39 is 0 Å². The quantitative estimate of drug-likeness (QED) is 0.188. The summed E-state index contributed by atoms with van der Waals surface area (Å²) in [6, 6.07) is 45.6. The summed E-state index contributed by atoms with van der Waals surface area (Å²) in [5.41, 5.74) is 11.4. The van der Waals surface area contributed by atoms with Gasteiger partial charge in [-0.05, 0) is 74.9 Å². The number of anilines is 4. The van der Waals surface area contributed by atoms with E-state index >= 15 is 0 Å². The first-order valence-corrected chi connectivity index (χ1v) is 17.5. The lowest BCUT2D eigenvalue weighted by Gasteiger charge is -2.25. The first-order valence-electron chi connectivity index (χ1n) is 17.5. The second-order valence-corrected chi connectivity index (χ2v) is 13.2. The van der Waals surface area contributed by atoms with Crippen LogP contribution in [0.5, 0.6) is 0 Å². The molecule has 1 N–H and O–H groups in total. The number of pyridine rings is 5. The number of fused-ring (bicyclic) bond motifs is 3. The highest BCUT2D eigenvalue weighted by Gasteiger charge is 2.21. The highest BCUT2D eigenvalue weighted by molar-refractivity contribution is 5.94. The van der Waals surface area contributed by atoms with Crippen LogP contribution in [0.15, 0.2) is 140 Å². The van der Waals surface area contributed by atoms with E-state index in [4.69, 9.17) is 24.9 Å². The van der Waals surface area contributed by atoms with Gasteiger partial charge in [0.1, 0.15) is 17.5 Å². The molecule has 0 saturated carbocycles. The number of aromatic nitrogens is 5. The van der Waals surface area contributed by atoms with E-state index in [1.54, 1.807) is 0 Å². The van der Waals surface area contributed by atoms with Gasteiger partial charge in [-0.25, -0.2) is 15.0 Å². The molecule has 6 heterocycles. The fourth-order valence-electron chi connectivity index (χ4n) is 6.96. The Morgan fingerprint density at radius 3 is 1.48 bits per heavy atom. The van der Waals surface area contributed by atoms with Crippen LogP contribution in [0.3, 0.4) is 0 Å². The van der Waals surface area contributed by atoms with Crippen molar-refractivity contribution in [1.29, 1.82) is 0 Å². The Labute approximate surface area is 302 Å². The summed E-state index contributed by atoms with van der Waals surface area (Å²) in [5.74, 6) is 2.07. The van der Waals surface area contributed by atoms with E-state index in [-0.39, 0.29) is 6.04 Å². The molecule has 0 bridgehead atoms. The largest absolute Gasteiger partial charge is 0.378 e. The number of nitrogens with zero attached hydrogens (tertiary/aromatic N) is 6. The van der Waals surface area contributed by atoms with Crippen LogP contribution in [0.4, 0.5) is 23.1 Å².